The molecule has 0 unspecified atom stereocenters. The molecule has 2 heterocycles. The van der Waals surface area contributed by atoms with Crippen molar-refractivity contribution in [2.45, 2.75) is 39.7 Å². The molecular weight excluding hydrogens is 486 g/mol. The van der Waals surface area contributed by atoms with Crippen molar-refractivity contribution in [2.75, 3.05) is 66.7 Å². The van der Waals surface area contributed by atoms with Crippen LogP contribution in [0, 0.1) is 5.92 Å². The van der Waals surface area contributed by atoms with Crippen molar-refractivity contribution in [3.63, 3.8) is 0 Å². The number of hydrogen-bond acceptors (Lipinski definition) is 7. The Morgan fingerprint density at radius 2 is 1.76 bits per heavy atom. The molecule has 0 spiro atoms. The number of carbonyl (C=O) groups excluding carboxylic acids is 2. The van der Waals surface area contributed by atoms with Gasteiger partial charge in [0.2, 0.25) is 11.8 Å². The molecule has 0 atom stereocenters. The molecule has 2 amide bonds. The second kappa shape index (κ2) is 15.4. The molecule has 1 aliphatic heterocycles. The summed E-state index contributed by atoms with van der Waals surface area (Å²) in [6, 6.07) is 9.45. The predicted molar refractivity (Wildman–Crippen MR) is 145 cm³/mol. The fourth-order valence-corrected chi connectivity index (χ4v) is 4.53. The van der Waals surface area contributed by atoms with Crippen molar-refractivity contribution in [3.05, 3.63) is 47.9 Å². The highest BCUT2D eigenvalue weighted by molar-refractivity contribution is 5.85. The van der Waals surface area contributed by atoms with Crippen molar-refractivity contribution in [1.82, 2.24) is 14.7 Å². The third-order valence-corrected chi connectivity index (χ3v) is 6.67. The lowest BCUT2D eigenvalue weighted by molar-refractivity contribution is -0.141. The van der Waals surface area contributed by atoms with Crippen LogP contribution >= 0.6 is 0 Å². The van der Waals surface area contributed by atoms with Crippen LogP contribution in [0.25, 0.3) is 0 Å². The van der Waals surface area contributed by atoms with Gasteiger partial charge in [0.05, 0.1) is 46.8 Å². The van der Waals surface area contributed by atoms with Crippen LogP contribution in [-0.2, 0) is 27.3 Å². The zero-order valence-electron chi connectivity index (χ0n) is 23.3. The van der Waals surface area contributed by atoms with Gasteiger partial charge in [-0.15, -0.1) is 0 Å². The zero-order valence-corrected chi connectivity index (χ0v) is 23.3. The van der Waals surface area contributed by atoms with Gasteiger partial charge in [-0.1, -0.05) is 19.9 Å². The van der Waals surface area contributed by atoms with Gasteiger partial charge in [-0.25, -0.2) is 0 Å². The van der Waals surface area contributed by atoms with Crippen LogP contribution in [0.1, 0.15) is 38.0 Å². The van der Waals surface area contributed by atoms with Gasteiger partial charge in [-0.05, 0) is 48.6 Å². The van der Waals surface area contributed by atoms with Crippen molar-refractivity contribution in [2.24, 2.45) is 5.92 Å². The number of benzene rings is 1. The van der Waals surface area contributed by atoms with Crippen LogP contribution in [0.5, 0.6) is 11.5 Å². The highest BCUT2D eigenvalue weighted by Gasteiger charge is 2.23. The Labute approximate surface area is 226 Å². The van der Waals surface area contributed by atoms with Crippen LogP contribution in [0.15, 0.2) is 41.0 Å². The molecule has 2 aromatic rings. The summed E-state index contributed by atoms with van der Waals surface area (Å²) in [7, 11) is 3.21. The summed E-state index contributed by atoms with van der Waals surface area (Å²) in [5.41, 5.74) is 1.03. The van der Waals surface area contributed by atoms with Crippen LogP contribution in [0.4, 0.5) is 0 Å². The summed E-state index contributed by atoms with van der Waals surface area (Å²) in [6.07, 6.45) is 3.48. The predicted octanol–water partition coefficient (Wildman–Crippen LogP) is 3.47. The first-order valence-corrected chi connectivity index (χ1v) is 13.5. The molecule has 1 aromatic carbocycles. The van der Waals surface area contributed by atoms with Crippen molar-refractivity contribution < 1.29 is 28.2 Å². The van der Waals surface area contributed by atoms with E-state index < -0.39 is 0 Å². The number of rotatable bonds is 15. The van der Waals surface area contributed by atoms with E-state index in [0.29, 0.717) is 49.7 Å². The molecule has 210 valence electrons. The maximum Gasteiger partial charge on any atom is 0.242 e. The quantitative estimate of drug-likeness (QED) is 0.349. The molecule has 0 bridgehead atoms. The molecule has 1 saturated heterocycles. The van der Waals surface area contributed by atoms with Crippen molar-refractivity contribution in [3.8, 4) is 11.5 Å². The standard InChI is InChI=1S/C29H43N3O6/c1-23(2)19-28(33)31(12-6-11-30-14-17-37-18-15-30)22-29(34)32(21-25-7-5-16-38-25)13-10-24-8-9-26(35-3)27(20-24)36-4/h5,7-9,16,20,23H,6,10-15,17-19,21-22H2,1-4H3. The number of hydrogen-bond donors (Lipinski definition) is 0. The minimum Gasteiger partial charge on any atom is -0.493 e. The lowest BCUT2D eigenvalue weighted by Gasteiger charge is -2.30. The highest BCUT2D eigenvalue weighted by atomic mass is 16.5. The Hall–Kier alpha value is -3.04. The largest absolute Gasteiger partial charge is 0.493 e. The number of ether oxygens (including phenoxy) is 3. The molecule has 1 aromatic heterocycles. The van der Waals surface area contributed by atoms with Crippen molar-refractivity contribution >= 4 is 11.8 Å². The topological polar surface area (TPSA) is 84.7 Å². The number of furan rings is 1. The van der Waals surface area contributed by atoms with E-state index >= 15 is 0 Å². The van der Waals surface area contributed by atoms with Gasteiger partial charge in [0.15, 0.2) is 11.5 Å². The Morgan fingerprint density at radius 1 is 1.00 bits per heavy atom. The minimum atomic E-state index is -0.0923. The van der Waals surface area contributed by atoms with E-state index in [4.69, 9.17) is 18.6 Å². The Balaban J connectivity index is 1.67. The lowest BCUT2D eigenvalue weighted by Crippen LogP contribution is -2.45. The summed E-state index contributed by atoms with van der Waals surface area (Å²) in [6.45, 7) is 9.69. The number of amides is 2. The van der Waals surface area contributed by atoms with E-state index in [2.05, 4.69) is 4.90 Å². The normalized spacial score (nSPS) is 13.9. The fraction of sp³-hybridized carbons (Fsp3) is 0.586. The summed E-state index contributed by atoms with van der Waals surface area (Å²) >= 11 is 0. The first kappa shape index (κ1) is 29.5. The number of carbonyl (C=O) groups is 2. The molecule has 38 heavy (non-hydrogen) atoms. The molecule has 0 N–H and O–H groups in total. The van der Waals surface area contributed by atoms with Crippen LogP contribution in [0.2, 0.25) is 0 Å². The lowest BCUT2D eigenvalue weighted by atomic mass is 10.1. The average molecular weight is 530 g/mol. The number of nitrogens with zero attached hydrogens (tertiary/aromatic N) is 3. The van der Waals surface area contributed by atoms with Crippen LogP contribution < -0.4 is 9.47 Å². The van der Waals surface area contributed by atoms with Crippen LogP contribution in [-0.4, -0.2) is 93.2 Å². The molecule has 1 aliphatic rings. The summed E-state index contributed by atoms with van der Waals surface area (Å²) < 4.78 is 21.8. The summed E-state index contributed by atoms with van der Waals surface area (Å²) in [5.74, 6) is 2.18. The maximum atomic E-state index is 13.6. The van der Waals surface area contributed by atoms with E-state index in [1.54, 1.807) is 30.3 Å². The third-order valence-electron chi connectivity index (χ3n) is 6.67. The first-order chi connectivity index (χ1) is 18.4. The first-order valence-electron chi connectivity index (χ1n) is 13.5. The monoisotopic (exact) mass is 529 g/mol. The molecular formula is C29H43N3O6. The zero-order chi connectivity index (χ0) is 27.3. The number of morpholine rings is 1. The molecule has 9 heteroatoms. The molecule has 0 aliphatic carbocycles. The Bertz CT molecular complexity index is 988. The average Bonchev–Trinajstić information content (AvgIpc) is 3.43. The molecule has 9 nitrogen and oxygen atoms in total. The molecule has 0 saturated carbocycles. The fourth-order valence-electron chi connectivity index (χ4n) is 4.53. The van der Waals surface area contributed by atoms with Gasteiger partial charge >= 0.3 is 0 Å². The summed E-state index contributed by atoms with van der Waals surface area (Å²) in [5, 5.41) is 0. The Morgan fingerprint density at radius 3 is 2.42 bits per heavy atom. The van der Waals surface area contributed by atoms with E-state index in [0.717, 1.165) is 44.8 Å². The van der Waals surface area contributed by atoms with E-state index in [1.807, 2.05) is 44.2 Å². The second-order valence-electron chi connectivity index (χ2n) is 10.1. The third kappa shape index (κ3) is 9.36. The van der Waals surface area contributed by atoms with Crippen LogP contribution in [0.3, 0.4) is 0 Å². The van der Waals surface area contributed by atoms with Gasteiger partial charge in [-0.2, -0.15) is 0 Å². The van der Waals surface area contributed by atoms with E-state index in [1.165, 1.54) is 0 Å². The second-order valence-corrected chi connectivity index (χ2v) is 10.1. The number of methoxy groups -OCH3 is 2. The molecule has 3 rings (SSSR count). The van der Waals surface area contributed by atoms with Gasteiger partial charge < -0.3 is 28.4 Å². The molecule has 0 radical (unpaired) electrons. The van der Waals surface area contributed by atoms with Crippen molar-refractivity contribution in [1.29, 1.82) is 0 Å². The summed E-state index contributed by atoms with van der Waals surface area (Å²) in [4.78, 5) is 32.5. The highest BCUT2D eigenvalue weighted by Crippen LogP contribution is 2.27. The smallest absolute Gasteiger partial charge is 0.242 e. The van der Waals surface area contributed by atoms with E-state index in [-0.39, 0.29) is 24.3 Å². The minimum absolute atomic E-state index is 0.0215. The maximum absolute atomic E-state index is 13.6. The molecule has 1 fully saturated rings. The van der Waals surface area contributed by atoms with E-state index in [9.17, 15) is 9.59 Å². The SMILES string of the molecule is COc1ccc(CCN(Cc2ccco2)C(=O)CN(CCCN2CCOCC2)C(=O)CC(C)C)cc1OC. The van der Waals surface area contributed by atoms with Gasteiger partial charge in [0, 0.05) is 39.1 Å². The van der Waals surface area contributed by atoms with Gasteiger partial charge in [-0.3, -0.25) is 14.5 Å². The Kier molecular flexibility index (Phi) is 12.0. The van der Waals surface area contributed by atoms with Gasteiger partial charge in [0.1, 0.15) is 5.76 Å². The van der Waals surface area contributed by atoms with Gasteiger partial charge in [0.25, 0.3) is 0 Å².